The van der Waals surface area contributed by atoms with Gasteiger partial charge in [0.05, 0.1) is 0 Å². The average Bonchev–Trinajstić information content (AvgIpc) is 2.58. The molecule has 1 unspecified atom stereocenters. The molecule has 1 N–H and O–H groups in total. The summed E-state index contributed by atoms with van der Waals surface area (Å²) in [6.07, 6.45) is 3.69. The molecule has 14 heavy (non-hydrogen) atoms. The van der Waals surface area contributed by atoms with Crippen LogP contribution >= 0.6 is 11.3 Å². The maximum atomic E-state index is 3.52. The zero-order chi connectivity index (χ0) is 10.4. The molecule has 0 aliphatic rings. The van der Waals surface area contributed by atoms with Gasteiger partial charge in [0.15, 0.2) is 0 Å². The molecule has 0 aliphatic heterocycles. The standard InChI is InChI=1S/C12H21NS/c1-4-8-13-10(2)5-6-12-7-9-14-11(12)3/h7,9-10,13H,4-6,8H2,1-3H3. The van der Waals surface area contributed by atoms with Crippen molar-refractivity contribution in [2.24, 2.45) is 0 Å². The number of hydrogen-bond acceptors (Lipinski definition) is 2. The Morgan fingerprint density at radius 3 is 2.86 bits per heavy atom. The van der Waals surface area contributed by atoms with Crippen LogP contribution in [0, 0.1) is 6.92 Å². The number of rotatable bonds is 6. The van der Waals surface area contributed by atoms with E-state index in [-0.39, 0.29) is 0 Å². The molecule has 1 nitrogen and oxygen atoms in total. The summed E-state index contributed by atoms with van der Waals surface area (Å²) in [6, 6.07) is 2.90. The van der Waals surface area contributed by atoms with E-state index in [1.54, 1.807) is 0 Å². The van der Waals surface area contributed by atoms with Crippen LogP contribution in [-0.4, -0.2) is 12.6 Å². The summed E-state index contributed by atoms with van der Waals surface area (Å²) in [5.41, 5.74) is 1.53. The third kappa shape index (κ3) is 3.81. The topological polar surface area (TPSA) is 12.0 Å². The van der Waals surface area contributed by atoms with Crippen molar-refractivity contribution in [1.82, 2.24) is 5.32 Å². The number of thiophene rings is 1. The fraction of sp³-hybridized carbons (Fsp3) is 0.667. The van der Waals surface area contributed by atoms with E-state index < -0.39 is 0 Å². The van der Waals surface area contributed by atoms with Crippen LogP contribution in [0.3, 0.4) is 0 Å². The van der Waals surface area contributed by atoms with Crippen molar-refractivity contribution in [1.29, 1.82) is 0 Å². The Kier molecular flexibility index (Phi) is 5.20. The van der Waals surface area contributed by atoms with E-state index in [4.69, 9.17) is 0 Å². The zero-order valence-electron chi connectivity index (χ0n) is 9.47. The van der Waals surface area contributed by atoms with E-state index in [0.717, 1.165) is 6.54 Å². The molecular formula is C12H21NS. The Labute approximate surface area is 91.5 Å². The minimum atomic E-state index is 0.647. The second kappa shape index (κ2) is 6.20. The second-order valence-electron chi connectivity index (χ2n) is 3.90. The summed E-state index contributed by atoms with van der Waals surface area (Å²) in [5, 5.41) is 5.71. The Bertz CT molecular complexity index is 255. The second-order valence-corrected chi connectivity index (χ2v) is 5.02. The van der Waals surface area contributed by atoms with Gasteiger partial charge >= 0.3 is 0 Å². The SMILES string of the molecule is CCCNC(C)CCc1ccsc1C. The summed E-state index contributed by atoms with van der Waals surface area (Å²) >= 11 is 1.85. The van der Waals surface area contributed by atoms with Crippen LogP contribution in [0.1, 0.15) is 37.1 Å². The highest BCUT2D eigenvalue weighted by Crippen LogP contribution is 2.17. The Balaban J connectivity index is 2.23. The Hall–Kier alpha value is -0.340. The molecule has 0 spiro atoms. The van der Waals surface area contributed by atoms with Gasteiger partial charge in [-0.1, -0.05) is 6.92 Å². The first kappa shape index (κ1) is 11.7. The molecule has 80 valence electrons. The lowest BCUT2D eigenvalue weighted by Crippen LogP contribution is -2.27. The molecule has 1 heterocycles. The van der Waals surface area contributed by atoms with Crippen molar-refractivity contribution >= 4 is 11.3 Å². The van der Waals surface area contributed by atoms with Gasteiger partial charge in [-0.2, -0.15) is 0 Å². The van der Waals surface area contributed by atoms with Crippen molar-refractivity contribution in [3.63, 3.8) is 0 Å². The predicted octanol–water partition coefficient (Wildman–Crippen LogP) is 3.38. The summed E-state index contributed by atoms with van der Waals surface area (Å²) in [4.78, 5) is 1.48. The van der Waals surface area contributed by atoms with Crippen LogP contribution in [0.4, 0.5) is 0 Å². The molecule has 1 rings (SSSR count). The van der Waals surface area contributed by atoms with Crippen molar-refractivity contribution in [2.45, 2.75) is 46.1 Å². The lowest BCUT2D eigenvalue weighted by molar-refractivity contribution is 0.513. The van der Waals surface area contributed by atoms with Gasteiger partial charge in [0.1, 0.15) is 0 Å². The van der Waals surface area contributed by atoms with Crippen LogP contribution in [-0.2, 0) is 6.42 Å². The average molecular weight is 211 g/mol. The summed E-state index contributed by atoms with van der Waals surface area (Å²) in [7, 11) is 0. The minimum Gasteiger partial charge on any atom is -0.314 e. The van der Waals surface area contributed by atoms with E-state index in [2.05, 4.69) is 37.5 Å². The molecule has 2 heteroatoms. The molecule has 0 aromatic carbocycles. The van der Waals surface area contributed by atoms with Crippen molar-refractivity contribution in [3.8, 4) is 0 Å². The van der Waals surface area contributed by atoms with Crippen molar-refractivity contribution < 1.29 is 0 Å². The maximum absolute atomic E-state index is 3.52. The van der Waals surface area contributed by atoms with Crippen LogP contribution < -0.4 is 5.32 Å². The van der Waals surface area contributed by atoms with E-state index in [0.29, 0.717) is 6.04 Å². The quantitative estimate of drug-likeness (QED) is 0.760. The minimum absolute atomic E-state index is 0.647. The molecule has 1 aromatic rings. The lowest BCUT2D eigenvalue weighted by Gasteiger charge is -2.12. The fourth-order valence-corrected chi connectivity index (χ4v) is 2.29. The van der Waals surface area contributed by atoms with Crippen LogP contribution in [0.2, 0.25) is 0 Å². The number of hydrogen-bond donors (Lipinski definition) is 1. The maximum Gasteiger partial charge on any atom is 0.00462 e. The van der Waals surface area contributed by atoms with Crippen molar-refractivity contribution in [3.05, 3.63) is 21.9 Å². The first-order chi connectivity index (χ1) is 6.74. The highest BCUT2D eigenvalue weighted by atomic mass is 32.1. The molecule has 0 bridgehead atoms. The zero-order valence-corrected chi connectivity index (χ0v) is 10.3. The highest BCUT2D eigenvalue weighted by Gasteiger charge is 2.03. The van der Waals surface area contributed by atoms with Gasteiger partial charge in [0.25, 0.3) is 0 Å². The number of aryl methyl sites for hydroxylation is 2. The van der Waals surface area contributed by atoms with E-state index in [1.165, 1.54) is 29.7 Å². The lowest BCUT2D eigenvalue weighted by atomic mass is 10.1. The van der Waals surface area contributed by atoms with Crippen LogP contribution in [0.5, 0.6) is 0 Å². The fourth-order valence-electron chi connectivity index (χ4n) is 1.54. The normalized spacial score (nSPS) is 13.1. The van der Waals surface area contributed by atoms with Gasteiger partial charge in [0, 0.05) is 10.9 Å². The van der Waals surface area contributed by atoms with Gasteiger partial charge < -0.3 is 5.32 Å². The van der Waals surface area contributed by atoms with Crippen LogP contribution in [0.15, 0.2) is 11.4 Å². The molecule has 0 aliphatic carbocycles. The Morgan fingerprint density at radius 1 is 1.50 bits per heavy atom. The first-order valence-corrected chi connectivity index (χ1v) is 6.38. The molecule has 0 saturated carbocycles. The molecule has 1 atom stereocenters. The number of nitrogens with one attached hydrogen (secondary N) is 1. The molecule has 0 saturated heterocycles. The summed E-state index contributed by atoms with van der Waals surface area (Å²) in [6.45, 7) is 7.84. The molecular weight excluding hydrogens is 190 g/mol. The van der Waals surface area contributed by atoms with Gasteiger partial charge in [-0.15, -0.1) is 11.3 Å². The van der Waals surface area contributed by atoms with Gasteiger partial charge in [-0.05, 0) is 56.7 Å². The van der Waals surface area contributed by atoms with E-state index in [9.17, 15) is 0 Å². The van der Waals surface area contributed by atoms with E-state index >= 15 is 0 Å². The van der Waals surface area contributed by atoms with Gasteiger partial charge in [0.2, 0.25) is 0 Å². The first-order valence-electron chi connectivity index (χ1n) is 5.50. The third-order valence-electron chi connectivity index (χ3n) is 2.56. The van der Waals surface area contributed by atoms with Gasteiger partial charge in [-0.3, -0.25) is 0 Å². The summed E-state index contributed by atoms with van der Waals surface area (Å²) < 4.78 is 0. The monoisotopic (exact) mass is 211 g/mol. The molecule has 0 fully saturated rings. The van der Waals surface area contributed by atoms with E-state index in [1.807, 2.05) is 11.3 Å². The largest absolute Gasteiger partial charge is 0.314 e. The smallest absolute Gasteiger partial charge is 0.00462 e. The predicted molar refractivity (Wildman–Crippen MR) is 65.1 cm³/mol. The molecule has 0 amide bonds. The Morgan fingerprint density at radius 2 is 2.29 bits per heavy atom. The van der Waals surface area contributed by atoms with Crippen LogP contribution in [0.25, 0.3) is 0 Å². The highest BCUT2D eigenvalue weighted by molar-refractivity contribution is 7.10. The van der Waals surface area contributed by atoms with Crippen molar-refractivity contribution in [2.75, 3.05) is 6.54 Å². The van der Waals surface area contributed by atoms with Gasteiger partial charge in [-0.25, -0.2) is 0 Å². The summed E-state index contributed by atoms with van der Waals surface area (Å²) in [5.74, 6) is 0. The molecule has 1 aromatic heterocycles. The third-order valence-corrected chi connectivity index (χ3v) is 3.44. The molecule has 0 radical (unpaired) electrons.